The number of nitro benzene ring substituents is 1. The molecule has 19 heavy (non-hydrogen) atoms. The highest BCUT2D eigenvalue weighted by molar-refractivity contribution is 9.10. The van der Waals surface area contributed by atoms with Crippen molar-refractivity contribution < 1.29 is 4.92 Å². The van der Waals surface area contributed by atoms with Crippen LogP contribution in [0.25, 0.3) is 0 Å². The van der Waals surface area contributed by atoms with E-state index in [1.165, 1.54) is 10.9 Å². The third kappa shape index (κ3) is 3.55. The Morgan fingerprint density at radius 2 is 2.11 bits per heavy atom. The Hall–Kier alpha value is -0.920. The van der Waals surface area contributed by atoms with Gasteiger partial charge in [0.2, 0.25) is 0 Å². The number of hydrogen-bond donors (Lipinski definition) is 1. The van der Waals surface area contributed by atoms with Crippen molar-refractivity contribution >= 4 is 54.6 Å². The molecule has 0 fully saturated rings. The molecule has 0 saturated carbocycles. The average molecular weight is 406 g/mol. The molecule has 0 radical (unpaired) electrons. The van der Waals surface area contributed by atoms with Gasteiger partial charge in [-0.2, -0.15) is 0 Å². The second kappa shape index (κ2) is 6.02. The summed E-state index contributed by atoms with van der Waals surface area (Å²) in [5.74, 6) is 0. The summed E-state index contributed by atoms with van der Waals surface area (Å²) in [5.41, 5.74) is 0.909. The van der Waals surface area contributed by atoms with Crippen molar-refractivity contribution in [1.82, 2.24) is 0 Å². The van der Waals surface area contributed by atoms with Gasteiger partial charge in [-0.05, 0) is 57.0 Å². The van der Waals surface area contributed by atoms with Gasteiger partial charge in [-0.15, -0.1) is 11.3 Å². The molecule has 7 heteroatoms. The Morgan fingerprint density at radius 3 is 2.63 bits per heavy atom. The second-order valence-corrected chi connectivity index (χ2v) is 6.67. The van der Waals surface area contributed by atoms with Crippen molar-refractivity contribution in [3.8, 4) is 0 Å². The van der Waals surface area contributed by atoms with Crippen LogP contribution in [0.2, 0.25) is 0 Å². The molecule has 0 aliphatic rings. The quantitative estimate of drug-likeness (QED) is 0.550. The van der Waals surface area contributed by atoms with Gasteiger partial charge < -0.3 is 5.32 Å². The zero-order chi connectivity index (χ0) is 14.0. The maximum Gasteiger partial charge on any atom is 0.283 e. The van der Waals surface area contributed by atoms with E-state index in [1.807, 2.05) is 12.3 Å². The van der Waals surface area contributed by atoms with Crippen LogP contribution in [0.3, 0.4) is 0 Å². The van der Waals surface area contributed by atoms with Gasteiger partial charge in [0.05, 0.1) is 15.4 Å². The third-order valence-electron chi connectivity index (χ3n) is 2.54. The Kier molecular flexibility index (Phi) is 4.59. The molecule has 4 nitrogen and oxygen atoms in total. The van der Waals surface area contributed by atoms with Crippen molar-refractivity contribution in [2.45, 2.75) is 13.0 Å². The van der Waals surface area contributed by atoms with Gasteiger partial charge in [0.1, 0.15) is 0 Å². The first kappa shape index (κ1) is 14.5. The minimum Gasteiger partial charge on any atom is -0.378 e. The molecule has 2 aromatic rings. The van der Waals surface area contributed by atoms with E-state index in [9.17, 15) is 10.1 Å². The van der Waals surface area contributed by atoms with E-state index in [0.717, 1.165) is 10.2 Å². The number of nitro groups is 1. The molecule has 100 valence electrons. The highest BCUT2D eigenvalue weighted by Gasteiger charge is 2.13. The first-order valence-electron chi connectivity index (χ1n) is 5.42. The highest BCUT2D eigenvalue weighted by Crippen LogP contribution is 2.31. The fourth-order valence-corrected chi connectivity index (χ4v) is 3.60. The van der Waals surface area contributed by atoms with E-state index in [4.69, 9.17) is 0 Å². The predicted octanol–water partition coefficient (Wildman–Crippen LogP) is 5.35. The predicted molar refractivity (Wildman–Crippen MR) is 84.9 cm³/mol. The first-order valence-corrected chi connectivity index (χ1v) is 7.88. The van der Waals surface area contributed by atoms with Crippen LogP contribution in [-0.2, 0) is 0 Å². The van der Waals surface area contributed by atoms with Gasteiger partial charge in [0, 0.05) is 26.5 Å². The number of rotatable bonds is 4. The second-order valence-electron chi connectivity index (χ2n) is 3.96. The molecule has 2 rings (SSSR count). The fourth-order valence-electron chi connectivity index (χ4n) is 1.62. The molecule has 1 aromatic heterocycles. The number of nitrogens with zero attached hydrogens (tertiary/aromatic N) is 1. The summed E-state index contributed by atoms with van der Waals surface area (Å²) in [6.45, 7) is 2.05. The van der Waals surface area contributed by atoms with E-state index in [1.54, 1.807) is 23.5 Å². The SMILES string of the molecule is CC(Nc1ccc([N+](=O)[O-])c(Br)c1)c1cc(Br)cs1. The summed E-state index contributed by atoms with van der Waals surface area (Å²) in [5, 5.41) is 16.1. The molecule has 0 bridgehead atoms. The molecule has 0 aliphatic carbocycles. The van der Waals surface area contributed by atoms with Crippen molar-refractivity contribution in [2.24, 2.45) is 0 Å². The van der Waals surface area contributed by atoms with E-state index in [0.29, 0.717) is 4.47 Å². The average Bonchev–Trinajstić information content (AvgIpc) is 2.75. The summed E-state index contributed by atoms with van der Waals surface area (Å²) >= 11 is 8.29. The number of nitrogens with one attached hydrogen (secondary N) is 1. The van der Waals surface area contributed by atoms with Crippen LogP contribution in [0.4, 0.5) is 11.4 Å². The molecule has 0 spiro atoms. The zero-order valence-electron chi connectivity index (χ0n) is 9.89. The normalized spacial score (nSPS) is 12.2. The van der Waals surface area contributed by atoms with Crippen LogP contribution in [0.15, 0.2) is 38.6 Å². The zero-order valence-corrected chi connectivity index (χ0v) is 13.9. The number of halogens is 2. The van der Waals surface area contributed by atoms with Gasteiger partial charge in [0.25, 0.3) is 5.69 Å². The molecule has 0 saturated heterocycles. The third-order valence-corrected chi connectivity index (χ3v) is 5.05. The molecule has 1 unspecified atom stereocenters. The largest absolute Gasteiger partial charge is 0.378 e. The lowest BCUT2D eigenvalue weighted by atomic mass is 10.2. The van der Waals surface area contributed by atoms with Crippen LogP contribution in [0.5, 0.6) is 0 Å². The maximum absolute atomic E-state index is 10.7. The van der Waals surface area contributed by atoms with E-state index in [-0.39, 0.29) is 11.7 Å². The number of benzene rings is 1. The summed E-state index contributed by atoms with van der Waals surface area (Å²) < 4.78 is 1.54. The molecular weight excluding hydrogens is 396 g/mol. The summed E-state index contributed by atoms with van der Waals surface area (Å²) in [6, 6.07) is 7.12. The van der Waals surface area contributed by atoms with E-state index in [2.05, 4.69) is 43.2 Å². The van der Waals surface area contributed by atoms with Gasteiger partial charge >= 0.3 is 0 Å². The standard InChI is InChI=1S/C12H10Br2N2O2S/c1-7(12-4-8(13)6-19-12)15-9-2-3-11(16(17)18)10(14)5-9/h2-7,15H,1H3. The van der Waals surface area contributed by atoms with Crippen LogP contribution >= 0.6 is 43.2 Å². The van der Waals surface area contributed by atoms with Crippen molar-refractivity contribution in [3.05, 3.63) is 53.6 Å². The highest BCUT2D eigenvalue weighted by atomic mass is 79.9. The van der Waals surface area contributed by atoms with E-state index < -0.39 is 4.92 Å². The van der Waals surface area contributed by atoms with Crippen molar-refractivity contribution in [2.75, 3.05) is 5.32 Å². The van der Waals surface area contributed by atoms with Crippen LogP contribution in [0.1, 0.15) is 17.8 Å². The summed E-state index contributed by atoms with van der Waals surface area (Å²) in [7, 11) is 0. The topological polar surface area (TPSA) is 55.2 Å². The molecule has 1 aromatic carbocycles. The molecule has 1 N–H and O–H groups in total. The van der Waals surface area contributed by atoms with Gasteiger partial charge in [0.15, 0.2) is 0 Å². The van der Waals surface area contributed by atoms with E-state index >= 15 is 0 Å². The molecule has 0 amide bonds. The first-order chi connectivity index (χ1) is 8.97. The lowest BCUT2D eigenvalue weighted by molar-refractivity contribution is -0.385. The Bertz CT molecular complexity index is 616. The fraction of sp³-hybridized carbons (Fsp3) is 0.167. The summed E-state index contributed by atoms with van der Waals surface area (Å²) in [4.78, 5) is 11.5. The van der Waals surface area contributed by atoms with Crippen LogP contribution in [0, 0.1) is 10.1 Å². The molecule has 1 heterocycles. The van der Waals surface area contributed by atoms with Gasteiger partial charge in [-0.1, -0.05) is 0 Å². The Morgan fingerprint density at radius 1 is 1.37 bits per heavy atom. The lowest BCUT2D eigenvalue weighted by Crippen LogP contribution is -2.04. The monoisotopic (exact) mass is 404 g/mol. The van der Waals surface area contributed by atoms with Crippen molar-refractivity contribution in [3.63, 3.8) is 0 Å². The lowest BCUT2D eigenvalue weighted by Gasteiger charge is -2.13. The smallest absolute Gasteiger partial charge is 0.283 e. The number of anilines is 1. The molecule has 1 atom stereocenters. The Balaban J connectivity index is 2.15. The van der Waals surface area contributed by atoms with Crippen LogP contribution in [-0.4, -0.2) is 4.92 Å². The van der Waals surface area contributed by atoms with Gasteiger partial charge in [-0.25, -0.2) is 0 Å². The minimum absolute atomic E-state index is 0.0667. The minimum atomic E-state index is -0.409. The summed E-state index contributed by atoms with van der Waals surface area (Å²) in [6.07, 6.45) is 0. The number of hydrogen-bond acceptors (Lipinski definition) is 4. The van der Waals surface area contributed by atoms with Crippen molar-refractivity contribution in [1.29, 1.82) is 0 Å². The molecular formula is C12H10Br2N2O2S. The van der Waals surface area contributed by atoms with Gasteiger partial charge in [-0.3, -0.25) is 10.1 Å². The maximum atomic E-state index is 10.7. The van der Waals surface area contributed by atoms with Crippen LogP contribution < -0.4 is 5.32 Å². The Labute approximate surface area is 131 Å². The number of thiophene rings is 1. The molecule has 0 aliphatic heterocycles.